The standard InChI is InChI=1S/C7H17FO2Si/c1-4-6-9-11(3,8)10-7-5-2/h4-7H2,1-3H3. The van der Waals surface area contributed by atoms with Gasteiger partial charge in [-0.3, -0.25) is 0 Å². The first kappa shape index (κ1) is 11.1. The summed E-state index contributed by atoms with van der Waals surface area (Å²) < 4.78 is 23.0. The lowest BCUT2D eigenvalue weighted by atomic mass is 10.5. The SMILES string of the molecule is CCCO[Si](C)(F)OCCC. The Labute approximate surface area is 69.1 Å². The van der Waals surface area contributed by atoms with Gasteiger partial charge in [-0.15, -0.1) is 0 Å². The van der Waals surface area contributed by atoms with Crippen LogP contribution < -0.4 is 0 Å². The smallest absolute Gasteiger partial charge is 0.371 e. The van der Waals surface area contributed by atoms with E-state index >= 15 is 0 Å². The molecule has 0 aliphatic rings. The van der Waals surface area contributed by atoms with Crippen molar-refractivity contribution in [1.82, 2.24) is 0 Å². The van der Waals surface area contributed by atoms with Gasteiger partial charge in [-0.05, 0) is 12.8 Å². The summed E-state index contributed by atoms with van der Waals surface area (Å²) in [6.45, 7) is 6.25. The molecule has 11 heavy (non-hydrogen) atoms. The van der Waals surface area contributed by atoms with Crippen LogP contribution in [-0.4, -0.2) is 22.1 Å². The van der Waals surface area contributed by atoms with E-state index in [1.54, 1.807) is 0 Å². The fourth-order valence-electron chi connectivity index (χ4n) is 0.610. The van der Waals surface area contributed by atoms with Gasteiger partial charge in [-0.25, -0.2) is 4.11 Å². The van der Waals surface area contributed by atoms with Gasteiger partial charge in [0.1, 0.15) is 0 Å². The Balaban J connectivity index is 3.43. The van der Waals surface area contributed by atoms with Crippen molar-refractivity contribution < 1.29 is 13.0 Å². The fourth-order valence-corrected chi connectivity index (χ4v) is 1.83. The average Bonchev–Trinajstić information content (AvgIpc) is 1.97. The zero-order valence-electron chi connectivity index (χ0n) is 7.52. The second-order valence-electron chi connectivity index (χ2n) is 2.53. The molecule has 0 saturated heterocycles. The number of halogens is 1. The monoisotopic (exact) mass is 180 g/mol. The predicted molar refractivity (Wildman–Crippen MR) is 45.2 cm³/mol. The molecule has 0 amide bonds. The van der Waals surface area contributed by atoms with Crippen molar-refractivity contribution in [2.24, 2.45) is 0 Å². The van der Waals surface area contributed by atoms with Crippen molar-refractivity contribution in [1.29, 1.82) is 0 Å². The van der Waals surface area contributed by atoms with Crippen molar-refractivity contribution in [2.75, 3.05) is 13.2 Å². The molecule has 0 atom stereocenters. The number of hydrogen-bond acceptors (Lipinski definition) is 2. The molecule has 0 spiro atoms. The normalized spacial score (nSPS) is 12.0. The molecule has 0 heterocycles. The van der Waals surface area contributed by atoms with Gasteiger partial charge in [0, 0.05) is 19.8 Å². The molecule has 4 heteroatoms. The summed E-state index contributed by atoms with van der Waals surface area (Å²) >= 11 is 0. The summed E-state index contributed by atoms with van der Waals surface area (Å²) in [5.74, 6) is 0. The van der Waals surface area contributed by atoms with Gasteiger partial charge < -0.3 is 8.85 Å². The molecule has 0 aliphatic heterocycles. The quantitative estimate of drug-likeness (QED) is 0.461. The van der Waals surface area contributed by atoms with Crippen molar-refractivity contribution in [2.45, 2.75) is 33.2 Å². The Bertz CT molecular complexity index is 88.4. The van der Waals surface area contributed by atoms with Crippen LogP contribution in [0, 0.1) is 0 Å². The lowest BCUT2D eigenvalue weighted by Crippen LogP contribution is -2.34. The molecular formula is C7H17FO2Si. The van der Waals surface area contributed by atoms with Gasteiger partial charge in [0.15, 0.2) is 0 Å². The van der Waals surface area contributed by atoms with Crippen molar-refractivity contribution in [3.05, 3.63) is 0 Å². The second kappa shape index (κ2) is 5.68. The zero-order chi connectivity index (χ0) is 8.74. The van der Waals surface area contributed by atoms with Crippen molar-refractivity contribution in [3.8, 4) is 0 Å². The van der Waals surface area contributed by atoms with Gasteiger partial charge in [-0.1, -0.05) is 13.8 Å². The maximum Gasteiger partial charge on any atom is 0.536 e. The lowest BCUT2D eigenvalue weighted by Gasteiger charge is -2.16. The fraction of sp³-hybridized carbons (Fsp3) is 1.00. The Morgan fingerprint density at radius 1 is 1.09 bits per heavy atom. The molecule has 2 nitrogen and oxygen atoms in total. The Kier molecular flexibility index (Phi) is 5.72. The average molecular weight is 180 g/mol. The molecule has 0 aromatic rings. The van der Waals surface area contributed by atoms with Crippen LogP contribution in [0.3, 0.4) is 0 Å². The maximum atomic E-state index is 13.2. The van der Waals surface area contributed by atoms with Crippen molar-refractivity contribution in [3.63, 3.8) is 0 Å². The van der Waals surface area contributed by atoms with E-state index < -0.39 is 8.89 Å². The molecular weight excluding hydrogens is 163 g/mol. The van der Waals surface area contributed by atoms with E-state index in [9.17, 15) is 4.11 Å². The number of rotatable bonds is 6. The van der Waals surface area contributed by atoms with E-state index in [0.29, 0.717) is 13.2 Å². The van der Waals surface area contributed by atoms with Gasteiger partial charge >= 0.3 is 8.89 Å². The van der Waals surface area contributed by atoms with E-state index in [2.05, 4.69) is 0 Å². The summed E-state index contributed by atoms with van der Waals surface area (Å²) in [6, 6.07) is 0. The van der Waals surface area contributed by atoms with Crippen LogP contribution >= 0.6 is 0 Å². The van der Waals surface area contributed by atoms with Crippen LogP contribution in [-0.2, 0) is 8.85 Å². The number of hydrogen-bond donors (Lipinski definition) is 0. The van der Waals surface area contributed by atoms with Crippen LogP contribution in [0.1, 0.15) is 26.7 Å². The van der Waals surface area contributed by atoms with Crippen LogP contribution in [0.25, 0.3) is 0 Å². The lowest BCUT2D eigenvalue weighted by molar-refractivity contribution is 0.135. The van der Waals surface area contributed by atoms with Crippen LogP contribution in [0.5, 0.6) is 0 Å². The van der Waals surface area contributed by atoms with Crippen LogP contribution in [0.15, 0.2) is 0 Å². The molecule has 0 N–H and O–H groups in total. The molecule has 0 aromatic carbocycles. The van der Waals surface area contributed by atoms with Crippen molar-refractivity contribution >= 4 is 8.89 Å². The highest BCUT2D eigenvalue weighted by molar-refractivity contribution is 6.58. The molecule has 0 rings (SSSR count). The zero-order valence-corrected chi connectivity index (χ0v) is 8.52. The van der Waals surface area contributed by atoms with Crippen LogP contribution in [0.4, 0.5) is 4.11 Å². The first-order valence-electron chi connectivity index (χ1n) is 4.09. The first-order chi connectivity index (χ1) is 5.12. The van der Waals surface area contributed by atoms with Gasteiger partial charge in [0.05, 0.1) is 0 Å². The topological polar surface area (TPSA) is 18.5 Å². The van der Waals surface area contributed by atoms with Gasteiger partial charge in [0.2, 0.25) is 0 Å². The van der Waals surface area contributed by atoms with E-state index in [0.717, 1.165) is 12.8 Å². The second-order valence-corrected chi connectivity index (χ2v) is 4.78. The third-order valence-electron chi connectivity index (χ3n) is 1.13. The van der Waals surface area contributed by atoms with E-state index in [-0.39, 0.29) is 0 Å². The van der Waals surface area contributed by atoms with Gasteiger partial charge in [-0.2, -0.15) is 0 Å². The molecule has 0 aromatic heterocycles. The molecule has 0 radical (unpaired) electrons. The minimum absolute atomic E-state index is 0.461. The molecule has 0 bridgehead atoms. The van der Waals surface area contributed by atoms with E-state index in [1.807, 2.05) is 13.8 Å². The van der Waals surface area contributed by atoms with E-state index in [1.165, 1.54) is 6.55 Å². The third-order valence-corrected chi connectivity index (χ3v) is 2.57. The highest BCUT2D eigenvalue weighted by Crippen LogP contribution is 2.08. The summed E-state index contributed by atoms with van der Waals surface area (Å²) in [5.41, 5.74) is 0. The highest BCUT2D eigenvalue weighted by Gasteiger charge is 2.31. The van der Waals surface area contributed by atoms with E-state index in [4.69, 9.17) is 8.85 Å². The maximum absolute atomic E-state index is 13.2. The minimum atomic E-state index is -3.25. The van der Waals surface area contributed by atoms with Crippen LogP contribution in [0.2, 0.25) is 6.55 Å². The predicted octanol–water partition coefficient (Wildman–Crippen LogP) is 2.38. The molecule has 0 saturated carbocycles. The molecule has 0 aliphatic carbocycles. The highest BCUT2D eigenvalue weighted by atomic mass is 28.4. The minimum Gasteiger partial charge on any atom is -0.371 e. The molecule has 68 valence electrons. The summed E-state index contributed by atoms with van der Waals surface area (Å²) in [5, 5.41) is 0. The Hall–Kier alpha value is 0.0669. The summed E-state index contributed by atoms with van der Waals surface area (Å²) in [6.07, 6.45) is 1.67. The van der Waals surface area contributed by atoms with Gasteiger partial charge in [0.25, 0.3) is 0 Å². The Morgan fingerprint density at radius 3 is 1.73 bits per heavy atom. The Morgan fingerprint density at radius 2 is 1.45 bits per heavy atom. The first-order valence-corrected chi connectivity index (χ1v) is 6.28. The summed E-state index contributed by atoms with van der Waals surface area (Å²) in [4.78, 5) is 0. The molecule has 0 fully saturated rings. The molecule has 0 unspecified atom stereocenters. The largest absolute Gasteiger partial charge is 0.536 e. The summed E-state index contributed by atoms with van der Waals surface area (Å²) in [7, 11) is -3.25. The third kappa shape index (κ3) is 6.46.